The van der Waals surface area contributed by atoms with Crippen molar-refractivity contribution in [1.29, 1.82) is 0 Å². The molecule has 0 bridgehead atoms. The minimum atomic E-state index is -4.45. The number of benzene rings is 1. The quantitative estimate of drug-likeness (QED) is 0.672. The molecule has 0 saturated carbocycles. The number of nitrogens with zero attached hydrogens (tertiary/aromatic N) is 1. The number of rotatable bonds is 1. The number of hydrogen-bond acceptors (Lipinski definition) is 1. The SMILES string of the molecule is CC1(C)CC(c2ccncc2C(F)(F)F)c2ccc(F)cc21. The lowest BCUT2D eigenvalue weighted by Crippen LogP contribution is -2.15. The van der Waals surface area contributed by atoms with Crippen LogP contribution in [0.25, 0.3) is 0 Å². The van der Waals surface area contributed by atoms with E-state index in [1.807, 2.05) is 13.8 Å². The third-order valence-electron chi connectivity index (χ3n) is 4.37. The maximum absolute atomic E-state index is 13.5. The summed E-state index contributed by atoms with van der Waals surface area (Å²) in [6.07, 6.45) is -1.70. The highest BCUT2D eigenvalue weighted by Crippen LogP contribution is 2.50. The van der Waals surface area contributed by atoms with Crippen molar-refractivity contribution in [1.82, 2.24) is 4.98 Å². The van der Waals surface area contributed by atoms with E-state index >= 15 is 0 Å². The first kappa shape index (κ1) is 15.0. The second kappa shape index (κ2) is 4.80. The predicted molar refractivity (Wildman–Crippen MR) is 75.1 cm³/mol. The van der Waals surface area contributed by atoms with E-state index in [2.05, 4.69) is 4.98 Å². The van der Waals surface area contributed by atoms with Crippen LogP contribution in [-0.4, -0.2) is 4.98 Å². The van der Waals surface area contributed by atoms with E-state index in [1.54, 1.807) is 6.07 Å². The first-order valence-corrected chi connectivity index (χ1v) is 7.01. The average Bonchev–Trinajstić information content (AvgIpc) is 2.69. The number of pyridine rings is 1. The fraction of sp³-hybridized carbons (Fsp3) is 0.353. The summed E-state index contributed by atoms with van der Waals surface area (Å²) >= 11 is 0. The average molecular weight is 309 g/mol. The molecule has 3 rings (SSSR count). The van der Waals surface area contributed by atoms with Crippen LogP contribution in [-0.2, 0) is 11.6 Å². The Morgan fingerprint density at radius 1 is 1.14 bits per heavy atom. The molecular formula is C17H15F4N. The van der Waals surface area contributed by atoms with Crippen molar-refractivity contribution in [2.75, 3.05) is 0 Å². The molecule has 0 amide bonds. The molecule has 1 atom stereocenters. The van der Waals surface area contributed by atoms with Crippen molar-refractivity contribution in [3.05, 3.63) is 64.7 Å². The molecule has 1 heterocycles. The van der Waals surface area contributed by atoms with Crippen LogP contribution in [0.4, 0.5) is 17.6 Å². The zero-order chi connectivity index (χ0) is 16.1. The summed E-state index contributed by atoms with van der Waals surface area (Å²) in [6.45, 7) is 3.86. The lowest BCUT2D eigenvalue weighted by atomic mass is 9.84. The van der Waals surface area contributed by atoms with Gasteiger partial charge in [-0.15, -0.1) is 0 Å². The third kappa shape index (κ3) is 2.38. The van der Waals surface area contributed by atoms with E-state index in [0.717, 1.165) is 17.3 Å². The number of aromatic nitrogens is 1. The Morgan fingerprint density at radius 2 is 1.86 bits per heavy atom. The number of halogens is 4. The normalized spacial score (nSPS) is 20.0. The number of alkyl halides is 3. The predicted octanol–water partition coefficient (Wildman–Crippen LogP) is 5.05. The molecule has 0 aliphatic heterocycles. The lowest BCUT2D eigenvalue weighted by Gasteiger charge is -2.21. The second-order valence-electron chi connectivity index (χ2n) is 6.33. The molecule has 1 nitrogen and oxygen atoms in total. The summed E-state index contributed by atoms with van der Waals surface area (Å²) in [5.41, 5.74) is 0.674. The molecule has 1 aliphatic rings. The van der Waals surface area contributed by atoms with Gasteiger partial charge in [-0.3, -0.25) is 4.98 Å². The zero-order valence-corrected chi connectivity index (χ0v) is 12.2. The molecule has 1 unspecified atom stereocenters. The Labute approximate surface area is 126 Å². The van der Waals surface area contributed by atoms with Crippen LogP contribution in [0.2, 0.25) is 0 Å². The zero-order valence-electron chi connectivity index (χ0n) is 12.2. The van der Waals surface area contributed by atoms with E-state index in [1.165, 1.54) is 24.4 Å². The Hall–Kier alpha value is -1.91. The van der Waals surface area contributed by atoms with Gasteiger partial charge in [0.15, 0.2) is 0 Å². The van der Waals surface area contributed by atoms with Crippen molar-refractivity contribution in [3.63, 3.8) is 0 Å². The number of fused-ring (bicyclic) bond motifs is 1. The van der Waals surface area contributed by atoms with Gasteiger partial charge in [-0.05, 0) is 46.7 Å². The summed E-state index contributed by atoms with van der Waals surface area (Å²) in [5, 5.41) is 0. The first-order chi connectivity index (χ1) is 10.2. The largest absolute Gasteiger partial charge is 0.418 e. The van der Waals surface area contributed by atoms with E-state index in [9.17, 15) is 17.6 Å². The van der Waals surface area contributed by atoms with Crippen molar-refractivity contribution in [2.45, 2.75) is 37.8 Å². The Balaban J connectivity index is 2.17. The van der Waals surface area contributed by atoms with E-state index in [-0.39, 0.29) is 16.8 Å². The van der Waals surface area contributed by atoms with Gasteiger partial charge in [-0.1, -0.05) is 19.9 Å². The fourth-order valence-electron chi connectivity index (χ4n) is 3.37. The minimum absolute atomic E-state index is 0.209. The number of hydrogen-bond donors (Lipinski definition) is 0. The summed E-state index contributed by atoms with van der Waals surface area (Å²) in [6, 6.07) is 5.76. The maximum Gasteiger partial charge on any atom is 0.418 e. The maximum atomic E-state index is 13.5. The van der Waals surface area contributed by atoms with Crippen LogP contribution >= 0.6 is 0 Å². The monoisotopic (exact) mass is 309 g/mol. The van der Waals surface area contributed by atoms with Crippen molar-refractivity contribution < 1.29 is 17.6 Å². The smallest absolute Gasteiger partial charge is 0.264 e. The highest BCUT2D eigenvalue weighted by Gasteiger charge is 2.42. The molecule has 22 heavy (non-hydrogen) atoms. The molecule has 0 saturated heterocycles. The highest BCUT2D eigenvalue weighted by atomic mass is 19.4. The summed E-state index contributed by atoms with van der Waals surface area (Å²) < 4.78 is 53.2. The Bertz CT molecular complexity index is 719. The summed E-state index contributed by atoms with van der Waals surface area (Å²) in [5.74, 6) is -0.761. The Kier molecular flexibility index (Phi) is 3.27. The molecule has 5 heteroatoms. The van der Waals surface area contributed by atoms with Gasteiger partial charge in [0, 0.05) is 18.3 Å². The molecule has 0 fully saturated rings. The van der Waals surface area contributed by atoms with Gasteiger partial charge >= 0.3 is 6.18 Å². The van der Waals surface area contributed by atoms with Gasteiger partial charge < -0.3 is 0 Å². The van der Waals surface area contributed by atoms with Crippen LogP contribution in [0.3, 0.4) is 0 Å². The molecule has 0 radical (unpaired) electrons. The van der Waals surface area contributed by atoms with Crippen LogP contribution in [0.15, 0.2) is 36.7 Å². The van der Waals surface area contributed by atoms with Gasteiger partial charge in [-0.25, -0.2) is 4.39 Å². The van der Waals surface area contributed by atoms with E-state index in [4.69, 9.17) is 0 Å². The van der Waals surface area contributed by atoms with Crippen molar-refractivity contribution >= 4 is 0 Å². The van der Waals surface area contributed by atoms with Gasteiger partial charge in [0.2, 0.25) is 0 Å². The topological polar surface area (TPSA) is 12.9 Å². The first-order valence-electron chi connectivity index (χ1n) is 7.01. The third-order valence-corrected chi connectivity index (χ3v) is 4.37. The molecule has 1 aromatic carbocycles. The van der Waals surface area contributed by atoms with Gasteiger partial charge in [-0.2, -0.15) is 13.2 Å². The van der Waals surface area contributed by atoms with Crippen molar-refractivity contribution in [3.8, 4) is 0 Å². The molecule has 2 aromatic rings. The summed E-state index contributed by atoms with van der Waals surface area (Å²) in [7, 11) is 0. The molecular weight excluding hydrogens is 294 g/mol. The molecule has 116 valence electrons. The van der Waals surface area contributed by atoms with Crippen LogP contribution in [0, 0.1) is 5.82 Å². The van der Waals surface area contributed by atoms with Gasteiger partial charge in [0.05, 0.1) is 5.56 Å². The van der Waals surface area contributed by atoms with Crippen LogP contribution < -0.4 is 0 Å². The standard InChI is InChI=1S/C17H15F4N/c1-16(2)8-13(11-4-3-10(18)7-14(11)16)12-5-6-22-9-15(12)17(19,20)21/h3-7,9,13H,8H2,1-2H3. The van der Waals surface area contributed by atoms with Gasteiger partial charge in [0.1, 0.15) is 5.82 Å². The lowest BCUT2D eigenvalue weighted by molar-refractivity contribution is -0.138. The summed E-state index contributed by atoms with van der Waals surface area (Å²) in [4.78, 5) is 3.61. The van der Waals surface area contributed by atoms with Crippen LogP contribution in [0.5, 0.6) is 0 Å². The van der Waals surface area contributed by atoms with E-state index < -0.39 is 17.7 Å². The second-order valence-corrected chi connectivity index (χ2v) is 6.33. The van der Waals surface area contributed by atoms with Crippen molar-refractivity contribution in [2.24, 2.45) is 0 Å². The highest BCUT2D eigenvalue weighted by molar-refractivity contribution is 5.49. The molecule has 0 N–H and O–H groups in total. The minimum Gasteiger partial charge on any atom is -0.264 e. The van der Waals surface area contributed by atoms with Gasteiger partial charge in [0.25, 0.3) is 0 Å². The molecule has 1 aliphatic carbocycles. The fourth-order valence-corrected chi connectivity index (χ4v) is 3.37. The van der Waals surface area contributed by atoms with Crippen LogP contribution in [0.1, 0.15) is 48.4 Å². The molecule has 1 aromatic heterocycles. The van der Waals surface area contributed by atoms with E-state index in [0.29, 0.717) is 6.42 Å². The Morgan fingerprint density at radius 3 is 2.55 bits per heavy atom. The molecule has 0 spiro atoms.